The molecule has 1 aromatic rings. The molecule has 2 aliphatic carbocycles. The number of urea groups is 1. The molecule has 0 spiro atoms. The maximum Gasteiger partial charge on any atom is 0.325 e. The van der Waals surface area contributed by atoms with Crippen LogP contribution in [-0.4, -0.2) is 46.8 Å². The van der Waals surface area contributed by atoms with Gasteiger partial charge in [-0.1, -0.05) is 12.1 Å². The van der Waals surface area contributed by atoms with Crippen LogP contribution in [0, 0.1) is 17.7 Å². The molecule has 144 valence electrons. The van der Waals surface area contributed by atoms with E-state index in [9.17, 15) is 18.8 Å². The first-order valence-corrected chi connectivity index (χ1v) is 9.50. The van der Waals surface area contributed by atoms with Gasteiger partial charge in [0, 0.05) is 7.05 Å². The third-order valence-electron chi connectivity index (χ3n) is 6.22. The molecule has 27 heavy (non-hydrogen) atoms. The first kappa shape index (κ1) is 17.9. The van der Waals surface area contributed by atoms with Crippen molar-refractivity contribution in [3.05, 3.63) is 35.6 Å². The standard InChI is InChI=1S/C20H24FN3O3/c1-12(13-3-9-16(21)10-4-13)23(2)17(25)11-24-18(26)20(14-5-6-14,15-7-8-15)22-19(24)27/h3-4,9-10,12,14-15H,5-8,11H2,1-2H3,(H,22,27)/t12-/m1/s1. The average molecular weight is 373 g/mol. The molecular weight excluding hydrogens is 349 g/mol. The predicted molar refractivity (Wildman–Crippen MR) is 96.0 cm³/mol. The van der Waals surface area contributed by atoms with Crippen molar-refractivity contribution in [1.29, 1.82) is 0 Å². The second kappa shape index (κ2) is 6.32. The van der Waals surface area contributed by atoms with Gasteiger partial charge in [0.05, 0.1) is 6.04 Å². The highest BCUT2D eigenvalue weighted by molar-refractivity contribution is 6.09. The third-order valence-corrected chi connectivity index (χ3v) is 6.22. The SMILES string of the molecule is C[C@H](c1ccc(F)cc1)N(C)C(=O)CN1C(=O)NC(C2CC2)(C2CC2)C1=O. The van der Waals surface area contributed by atoms with E-state index in [-0.39, 0.29) is 42.1 Å². The number of hydrogen-bond acceptors (Lipinski definition) is 3. The summed E-state index contributed by atoms with van der Waals surface area (Å²) in [7, 11) is 1.63. The second-order valence-corrected chi connectivity index (χ2v) is 7.97. The smallest absolute Gasteiger partial charge is 0.325 e. The monoisotopic (exact) mass is 373 g/mol. The number of nitrogens with one attached hydrogen (secondary N) is 1. The molecule has 1 atom stereocenters. The van der Waals surface area contributed by atoms with E-state index in [0.29, 0.717) is 0 Å². The highest BCUT2D eigenvalue weighted by atomic mass is 19.1. The number of amides is 4. The molecule has 0 unspecified atom stereocenters. The van der Waals surface area contributed by atoms with Gasteiger partial charge in [-0.15, -0.1) is 0 Å². The summed E-state index contributed by atoms with van der Waals surface area (Å²) in [5, 5.41) is 2.93. The molecule has 1 heterocycles. The minimum Gasteiger partial charge on any atom is -0.337 e. The lowest BCUT2D eigenvalue weighted by atomic mass is 9.87. The molecule has 4 amide bonds. The Balaban J connectivity index is 1.46. The lowest BCUT2D eigenvalue weighted by molar-refractivity contribution is -0.140. The molecule has 7 heteroatoms. The zero-order valence-electron chi connectivity index (χ0n) is 15.6. The summed E-state index contributed by atoms with van der Waals surface area (Å²) in [6.45, 7) is 1.56. The third kappa shape index (κ3) is 2.99. The minimum atomic E-state index is -0.779. The van der Waals surface area contributed by atoms with Crippen molar-refractivity contribution in [2.24, 2.45) is 11.8 Å². The first-order chi connectivity index (χ1) is 12.8. The van der Waals surface area contributed by atoms with Crippen LogP contribution in [0.15, 0.2) is 24.3 Å². The summed E-state index contributed by atoms with van der Waals surface area (Å²) in [6.07, 6.45) is 3.80. The van der Waals surface area contributed by atoms with Crippen LogP contribution in [0.1, 0.15) is 44.2 Å². The molecule has 3 fully saturated rings. The zero-order chi connectivity index (χ0) is 19.3. The summed E-state index contributed by atoms with van der Waals surface area (Å²) in [5.41, 5.74) is 0.00755. The summed E-state index contributed by atoms with van der Waals surface area (Å²) in [6, 6.07) is 5.19. The number of hydrogen-bond donors (Lipinski definition) is 1. The molecule has 1 aromatic carbocycles. The van der Waals surface area contributed by atoms with Gasteiger partial charge in [-0.05, 0) is 62.1 Å². The molecule has 1 N–H and O–H groups in total. The lowest BCUT2D eigenvalue weighted by Gasteiger charge is -2.28. The van der Waals surface area contributed by atoms with Gasteiger partial charge >= 0.3 is 6.03 Å². The van der Waals surface area contributed by atoms with Crippen molar-refractivity contribution in [2.75, 3.05) is 13.6 Å². The number of rotatable bonds is 6. The van der Waals surface area contributed by atoms with Crippen LogP contribution in [0.4, 0.5) is 9.18 Å². The van der Waals surface area contributed by atoms with E-state index in [1.165, 1.54) is 17.0 Å². The molecular formula is C20H24FN3O3. The highest BCUT2D eigenvalue weighted by Gasteiger charge is 2.65. The number of nitrogens with zero attached hydrogens (tertiary/aromatic N) is 2. The van der Waals surface area contributed by atoms with Gasteiger partial charge in [-0.25, -0.2) is 9.18 Å². The number of benzene rings is 1. The van der Waals surface area contributed by atoms with E-state index in [1.54, 1.807) is 19.2 Å². The second-order valence-electron chi connectivity index (χ2n) is 7.97. The van der Waals surface area contributed by atoms with E-state index < -0.39 is 11.6 Å². The maximum absolute atomic E-state index is 13.1. The van der Waals surface area contributed by atoms with Crippen LogP contribution < -0.4 is 5.32 Å². The molecule has 0 radical (unpaired) electrons. The Morgan fingerprint density at radius 2 is 1.78 bits per heavy atom. The molecule has 0 aromatic heterocycles. The predicted octanol–water partition coefficient (Wildman–Crippen LogP) is 2.46. The van der Waals surface area contributed by atoms with Crippen molar-refractivity contribution in [2.45, 2.75) is 44.2 Å². The zero-order valence-corrected chi connectivity index (χ0v) is 15.6. The number of likely N-dealkylation sites (N-methyl/N-ethyl adjacent to an activating group) is 1. The summed E-state index contributed by atoms with van der Waals surface area (Å²) in [4.78, 5) is 40.8. The van der Waals surface area contributed by atoms with Crippen molar-refractivity contribution < 1.29 is 18.8 Å². The number of halogens is 1. The van der Waals surface area contributed by atoms with E-state index in [2.05, 4.69) is 5.32 Å². The van der Waals surface area contributed by atoms with Gasteiger partial charge in [0.1, 0.15) is 17.9 Å². The largest absolute Gasteiger partial charge is 0.337 e. The summed E-state index contributed by atoms with van der Waals surface area (Å²) >= 11 is 0. The molecule has 1 saturated heterocycles. The van der Waals surface area contributed by atoms with E-state index >= 15 is 0 Å². The lowest BCUT2D eigenvalue weighted by Crippen LogP contribution is -2.51. The van der Waals surface area contributed by atoms with Crippen LogP contribution in [-0.2, 0) is 9.59 Å². The van der Waals surface area contributed by atoms with Gasteiger partial charge in [0.2, 0.25) is 5.91 Å². The van der Waals surface area contributed by atoms with Crippen LogP contribution in [0.5, 0.6) is 0 Å². The van der Waals surface area contributed by atoms with Crippen molar-refractivity contribution >= 4 is 17.8 Å². The molecule has 3 aliphatic rings. The highest BCUT2D eigenvalue weighted by Crippen LogP contribution is 2.54. The molecule has 1 aliphatic heterocycles. The van der Waals surface area contributed by atoms with Gasteiger partial charge in [0.25, 0.3) is 5.91 Å². The molecule has 4 rings (SSSR count). The Bertz CT molecular complexity index is 774. The topological polar surface area (TPSA) is 69.7 Å². The fourth-order valence-electron chi connectivity index (χ4n) is 4.15. The normalized spacial score (nSPS) is 22.6. The van der Waals surface area contributed by atoms with Gasteiger partial charge in [-0.3, -0.25) is 14.5 Å². The minimum absolute atomic E-state index is 0.206. The van der Waals surface area contributed by atoms with Crippen LogP contribution in [0.2, 0.25) is 0 Å². The first-order valence-electron chi connectivity index (χ1n) is 9.50. The molecule has 0 bridgehead atoms. The van der Waals surface area contributed by atoms with E-state index in [0.717, 1.165) is 36.1 Å². The van der Waals surface area contributed by atoms with E-state index in [4.69, 9.17) is 0 Å². The quantitative estimate of drug-likeness (QED) is 0.779. The fourth-order valence-corrected chi connectivity index (χ4v) is 4.15. The maximum atomic E-state index is 13.1. The van der Waals surface area contributed by atoms with Gasteiger partial charge < -0.3 is 10.2 Å². The van der Waals surface area contributed by atoms with Crippen LogP contribution in [0.25, 0.3) is 0 Å². The summed E-state index contributed by atoms with van der Waals surface area (Å²) in [5.74, 6) is -0.489. The Labute approximate surface area is 157 Å². The Hall–Kier alpha value is -2.44. The Morgan fingerprint density at radius 1 is 1.22 bits per heavy atom. The number of carbonyl (C=O) groups is 3. The van der Waals surface area contributed by atoms with E-state index in [1.807, 2.05) is 6.92 Å². The molecule has 6 nitrogen and oxygen atoms in total. The number of carbonyl (C=O) groups excluding carboxylic acids is 3. The van der Waals surface area contributed by atoms with Crippen molar-refractivity contribution in [3.63, 3.8) is 0 Å². The van der Waals surface area contributed by atoms with Gasteiger partial charge in [-0.2, -0.15) is 0 Å². The Morgan fingerprint density at radius 3 is 2.30 bits per heavy atom. The molecule has 2 saturated carbocycles. The summed E-state index contributed by atoms with van der Waals surface area (Å²) < 4.78 is 13.1. The van der Waals surface area contributed by atoms with Crippen molar-refractivity contribution in [1.82, 2.24) is 15.1 Å². The average Bonchev–Trinajstić information content (AvgIpc) is 3.55. The number of imide groups is 1. The van der Waals surface area contributed by atoms with Crippen LogP contribution >= 0.6 is 0 Å². The Kier molecular flexibility index (Phi) is 4.20. The van der Waals surface area contributed by atoms with Crippen molar-refractivity contribution in [3.8, 4) is 0 Å². The van der Waals surface area contributed by atoms with Crippen LogP contribution in [0.3, 0.4) is 0 Å². The fraction of sp³-hybridized carbons (Fsp3) is 0.550. The van der Waals surface area contributed by atoms with Gasteiger partial charge in [0.15, 0.2) is 0 Å².